The Labute approximate surface area is 139 Å². The van der Waals surface area contributed by atoms with E-state index in [0.29, 0.717) is 30.5 Å². The molecule has 0 spiro atoms. The molecule has 0 atom stereocenters. The van der Waals surface area contributed by atoms with Crippen molar-refractivity contribution in [2.45, 2.75) is 5.54 Å². The summed E-state index contributed by atoms with van der Waals surface area (Å²) in [4.78, 5) is 13.9. The summed E-state index contributed by atoms with van der Waals surface area (Å²) in [6, 6.07) is 6.89. The van der Waals surface area contributed by atoms with Gasteiger partial charge in [0.05, 0.1) is 18.9 Å². The first kappa shape index (κ1) is 19.0. The molecule has 0 saturated carbocycles. The van der Waals surface area contributed by atoms with E-state index in [1.54, 1.807) is 24.3 Å². The Balaban J connectivity index is 2.78. The van der Waals surface area contributed by atoms with E-state index in [4.69, 9.17) is 39.1 Å². The topological polar surface area (TPSA) is 101 Å². The molecule has 0 fully saturated rings. The quantitative estimate of drug-likeness (QED) is 0.561. The molecule has 0 aliphatic rings. The van der Waals surface area contributed by atoms with E-state index in [1.165, 1.54) is 0 Å². The first-order valence-electron chi connectivity index (χ1n) is 6.74. The SMILES string of the molecule is NC(CO)(CO)C(=O)[N]c1ccc(N(CCCl)CCCl)cc1. The normalized spacial score (nSPS) is 11.3. The summed E-state index contributed by atoms with van der Waals surface area (Å²) in [5.41, 5.74) is 5.11. The van der Waals surface area contributed by atoms with Crippen LogP contribution in [-0.2, 0) is 4.79 Å². The fourth-order valence-electron chi connectivity index (χ4n) is 1.73. The van der Waals surface area contributed by atoms with Crippen LogP contribution in [0.4, 0.5) is 11.4 Å². The van der Waals surface area contributed by atoms with Gasteiger partial charge in [0.2, 0.25) is 0 Å². The van der Waals surface area contributed by atoms with Gasteiger partial charge in [-0.15, -0.1) is 23.2 Å². The Hall–Kier alpha value is -1.05. The van der Waals surface area contributed by atoms with Gasteiger partial charge in [-0.3, -0.25) is 4.79 Å². The molecule has 8 heteroatoms. The van der Waals surface area contributed by atoms with Gasteiger partial charge in [-0.25, -0.2) is 5.32 Å². The lowest BCUT2D eigenvalue weighted by Gasteiger charge is -2.24. The zero-order valence-corrected chi connectivity index (χ0v) is 13.6. The predicted molar refractivity (Wildman–Crippen MR) is 88.0 cm³/mol. The highest BCUT2D eigenvalue weighted by Crippen LogP contribution is 2.19. The second-order valence-electron chi connectivity index (χ2n) is 4.77. The Bertz CT molecular complexity index is 461. The summed E-state index contributed by atoms with van der Waals surface area (Å²) in [6.07, 6.45) is 0. The number of aliphatic hydroxyl groups excluding tert-OH is 2. The molecule has 0 aliphatic carbocycles. The van der Waals surface area contributed by atoms with Crippen LogP contribution in [0, 0.1) is 0 Å². The first-order chi connectivity index (χ1) is 10.5. The summed E-state index contributed by atoms with van der Waals surface area (Å²) < 4.78 is 0. The van der Waals surface area contributed by atoms with Crippen molar-refractivity contribution in [3.8, 4) is 0 Å². The largest absolute Gasteiger partial charge is 0.394 e. The van der Waals surface area contributed by atoms with E-state index in [-0.39, 0.29) is 0 Å². The third kappa shape index (κ3) is 5.00. The highest BCUT2D eigenvalue weighted by atomic mass is 35.5. The lowest BCUT2D eigenvalue weighted by atomic mass is 10.0. The summed E-state index contributed by atoms with van der Waals surface area (Å²) in [6.45, 7) is -0.0401. The number of alkyl halides is 2. The fourth-order valence-corrected chi connectivity index (χ4v) is 2.13. The molecule has 123 valence electrons. The zero-order valence-electron chi connectivity index (χ0n) is 12.1. The third-order valence-corrected chi connectivity index (χ3v) is 3.48. The summed E-state index contributed by atoms with van der Waals surface area (Å²) in [5.74, 6) is 0.178. The van der Waals surface area contributed by atoms with Crippen LogP contribution >= 0.6 is 23.2 Å². The minimum absolute atomic E-state index is 0.391. The fraction of sp³-hybridized carbons (Fsp3) is 0.500. The van der Waals surface area contributed by atoms with Gasteiger partial charge in [0, 0.05) is 30.5 Å². The maximum atomic E-state index is 11.9. The lowest BCUT2D eigenvalue weighted by molar-refractivity contribution is -0.128. The highest BCUT2D eigenvalue weighted by molar-refractivity contribution is 6.18. The van der Waals surface area contributed by atoms with Crippen LogP contribution in [0.5, 0.6) is 0 Å². The van der Waals surface area contributed by atoms with Gasteiger partial charge in [-0.1, -0.05) is 0 Å². The van der Waals surface area contributed by atoms with Crippen molar-refractivity contribution < 1.29 is 15.0 Å². The van der Waals surface area contributed by atoms with Gasteiger partial charge in [-0.2, -0.15) is 0 Å². The minimum atomic E-state index is -1.76. The van der Waals surface area contributed by atoms with Crippen molar-refractivity contribution in [2.75, 3.05) is 43.0 Å². The number of amides is 1. The molecule has 0 unspecified atom stereocenters. The molecule has 0 saturated heterocycles. The van der Waals surface area contributed by atoms with Crippen LogP contribution < -0.4 is 16.0 Å². The minimum Gasteiger partial charge on any atom is -0.394 e. The molecule has 4 N–H and O–H groups in total. The lowest BCUT2D eigenvalue weighted by Crippen LogP contribution is -2.56. The molecule has 0 bridgehead atoms. The zero-order chi connectivity index (χ0) is 16.6. The number of anilines is 1. The van der Waals surface area contributed by atoms with Gasteiger partial charge >= 0.3 is 0 Å². The maximum absolute atomic E-state index is 11.9. The van der Waals surface area contributed by atoms with Crippen LogP contribution in [-0.4, -0.2) is 59.7 Å². The van der Waals surface area contributed by atoms with E-state index in [2.05, 4.69) is 5.32 Å². The van der Waals surface area contributed by atoms with Crippen LogP contribution in [0.15, 0.2) is 24.3 Å². The van der Waals surface area contributed by atoms with Crippen LogP contribution in [0.25, 0.3) is 0 Å². The van der Waals surface area contributed by atoms with Gasteiger partial charge in [0.1, 0.15) is 5.54 Å². The number of nitrogens with zero attached hydrogens (tertiary/aromatic N) is 2. The van der Waals surface area contributed by atoms with E-state index in [0.717, 1.165) is 5.69 Å². The molecule has 1 amide bonds. The molecular weight excluding hydrogens is 329 g/mol. The van der Waals surface area contributed by atoms with Gasteiger partial charge in [-0.05, 0) is 24.3 Å². The maximum Gasteiger partial charge on any atom is 0.271 e. The molecule has 0 heterocycles. The monoisotopic (exact) mass is 348 g/mol. The molecule has 1 radical (unpaired) electrons. The van der Waals surface area contributed by atoms with Crippen molar-refractivity contribution in [1.82, 2.24) is 5.32 Å². The smallest absolute Gasteiger partial charge is 0.271 e. The van der Waals surface area contributed by atoms with Crippen LogP contribution in [0.1, 0.15) is 0 Å². The van der Waals surface area contributed by atoms with Gasteiger partial charge in [0.25, 0.3) is 5.91 Å². The highest BCUT2D eigenvalue weighted by Gasteiger charge is 2.33. The van der Waals surface area contributed by atoms with Crippen molar-refractivity contribution in [3.63, 3.8) is 0 Å². The number of benzene rings is 1. The second-order valence-corrected chi connectivity index (χ2v) is 5.53. The summed E-state index contributed by atoms with van der Waals surface area (Å²) in [5, 5.41) is 22.0. The Morgan fingerprint density at radius 1 is 1.14 bits per heavy atom. The number of hydrogen-bond donors (Lipinski definition) is 3. The molecular formula is C14H20Cl2N3O3. The molecule has 6 nitrogen and oxygen atoms in total. The molecule has 0 aromatic heterocycles. The number of nitrogens with two attached hydrogens (primary N) is 1. The average Bonchev–Trinajstić information content (AvgIpc) is 2.54. The molecule has 0 aliphatic heterocycles. The van der Waals surface area contributed by atoms with Crippen LogP contribution in [0.2, 0.25) is 0 Å². The number of hydrogen-bond acceptors (Lipinski definition) is 5. The number of aliphatic hydroxyl groups is 2. The molecule has 1 aromatic carbocycles. The predicted octanol–water partition coefficient (Wildman–Crippen LogP) is 0.415. The van der Waals surface area contributed by atoms with Gasteiger partial charge in [0.15, 0.2) is 0 Å². The van der Waals surface area contributed by atoms with E-state index in [1.807, 2.05) is 4.90 Å². The van der Waals surface area contributed by atoms with Crippen molar-refractivity contribution in [3.05, 3.63) is 24.3 Å². The van der Waals surface area contributed by atoms with Crippen molar-refractivity contribution in [2.24, 2.45) is 5.73 Å². The van der Waals surface area contributed by atoms with E-state index < -0.39 is 24.7 Å². The number of rotatable bonds is 9. The van der Waals surface area contributed by atoms with Crippen LogP contribution in [0.3, 0.4) is 0 Å². The second kappa shape index (κ2) is 9.17. The first-order valence-corrected chi connectivity index (χ1v) is 7.81. The standard InChI is InChI=1S/C14H20Cl2N3O3/c15-5-7-19(8-6-16)12-3-1-11(2-4-12)18-13(22)14(17,9-20)10-21/h1-4,20-21H,5-10,17H2. The Kier molecular flexibility index (Phi) is 7.92. The van der Waals surface area contributed by atoms with E-state index >= 15 is 0 Å². The Morgan fingerprint density at radius 3 is 2.05 bits per heavy atom. The number of carbonyl (C=O) groups is 1. The van der Waals surface area contributed by atoms with Gasteiger partial charge < -0.3 is 20.8 Å². The molecule has 22 heavy (non-hydrogen) atoms. The Morgan fingerprint density at radius 2 is 1.64 bits per heavy atom. The number of halogens is 2. The average molecular weight is 349 g/mol. The van der Waals surface area contributed by atoms with E-state index in [9.17, 15) is 4.79 Å². The summed E-state index contributed by atoms with van der Waals surface area (Å²) in [7, 11) is 0. The van der Waals surface area contributed by atoms with Crippen molar-refractivity contribution in [1.29, 1.82) is 0 Å². The van der Waals surface area contributed by atoms with Crippen molar-refractivity contribution >= 4 is 40.5 Å². The summed E-state index contributed by atoms with van der Waals surface area (Å²) >= 11 is 11.5. The molecule has 1 aromatic rings. The number of carbonyl (C=O) groups excluding carboxylic acids is 1. The third-order valence-electron chi connectivity index (χ3n) is 3.14. The molecule has 1 rings (SSSR count).